The molecule has 0 spiro atoms. The van der Waals surface area contributed by atoms with Gasteiger partial charge in [-0.3, -0.25) is 14.4 Å². The van der Waals surface area contributed by atoms with Gasteiger partial charge in [-0.1, -0.05) is 43.1 Å². The maximum atomic E-state index is 12.6. The summed E-state index contributed by atoms with van der Waals surface area (Å²) in [6.07, 6.45) is 6.25. The predicted molar refractivity (Wildman–Crippen MR) is 134 cm³/mol. The number of thiophene rings is 1. The van der Waals surface area contributed by atoms with E-state index >= 15 is 0 Å². The minimum Gasteiger partial charge on any atom is -0.462 e. The molecule has 3 heterocycles. The molecule has 1 saturated carbocycles. The summed E-state index contributed by atoms with van der Waals surface area (Å²) >= 11 is 8.21. The van der Waals surface area contributed by atoms with Gasteiger partial charge < -0.3 is 10.5 Å². The predicted octanol–water partition coefficient (Wildman–Crippen LogP) is 5.16. The number of hydrogen-bond donors (Lipinski definition) is 1. The van der Waals surface area contributed by atoms with Crippen LogP contribution in [-0.2, 0) is 22.5 Å². The van der Waals surface area contributed by atoms with E-state index in [0.717, 1.165) is 53.9 Å². The Labute approximate surface area is 208 Å². The first-order valence-corrected chi connectivity index (χ1v) is 13.1. The molecule has 5 rings (SSSR count). The van der Waals surface area contributed by atoms with Crippen molar-refractivity contribution in [3.63, 3.8) is 0 Å². The van der Waals surface area contributed by atoms with Gasteiger partial charge in [0, 0.05) is 21.0 Å². The van der Waals surface area contributed by atoms with Gasteiger partial charge in [-0.25, -0.2) is 0 Å². The summed E-state index contributed by atoms with van der Waals surface area (Å²) in [5, 5.41) is 10.4. The van der Waals surface area contributed by atoms with Gasteiger partial charge in [0.15, 0.2) is 11.6 Å². The maximum absolute atomic E-state index is 12.6. The van der Waals surface area contributed by atoms with Crippen LogP contribution in [0.3, 0.4) is 0 Å². The SMILES string of the molecule is CCc1cc2c(s1)-n1c(nnc1[C@@H](N)CC(=O)OC1CCCCC1)CN=C2c1ccccc1Cl. The number of halogens is 1. The van der Waals surface area contributed by atoms with Crippen molar-refractivity contribution in [3.05, 3.63) is 63.0 Å². The highest BCUT2D eigenvalue weighted by Crippen LogP contribution is 2.36. The van der Waals surface area contributed by atoms with Crippen molar-refractivity contribution in [2.75, 3.05) is 0 Å². The molecule has 1 aromatic carbocycles. The van der Waals surface area contributed by atoms with Crippen LogP contribution >= 0.6 is 22.9 Å². The highest BCUT2D eigenvalue weighted by molar-refractivity contribution is 7.15. The van der Waals surface area contributed by atoms with Crippen LogP contribution in [0.2, 0.25) is 5.02 Å². The molecule has 2 aromatic heterocycles. The molecule has 0 unspecified atom stereocenters. The summed E-state index contributed by atoms with van der Waals surface area (Å²) < 4.78 is 7.67. The molecular weight excluding hydrogens is 470 g/mol. The number of benzene rings is 1. The number of nitrogens with two attached hydrogens (primary N) is 1. The highest BCUT2D eigenvalue weighted by atomic mass is 35.5. The standard InChI is InChI=1S/C25H28ClN5O2S/c1-2-16-12-18-23(17-10-6-7-11-19(17)26)28-14-21-29-30-24(31(21)25(18)34-16)20(27)13-22(32)33-15-8-4-3-5-9-15/h6-7,10-12,15,20H,2-5,8-9,13-14,27H2,1H3/t20-/m0/s1. The third-order valence-electron chi connectivity index (χ3n) is 6.40. The Hall–Kier alpha value is -2.55. The van der Waals surface area contributed by atoms with Crippen LogP contribution < -0.4 is 5.73 Å². The van der Waals surface area contributed by atoms with E-state index in [4.69, 9.17) is 27.1 Å². The van der Waals surface area contributed by atoms with Crippen LogP contribution in [0.4, 0.5) is 0 Å². The zero-order valence-corrected chi connectivity index (χ0v) is 20.7. The molecule has 0 amide bonds. The van der Waals surface area contributed by atoms with Crippen molar-refractivity contribution in [2.45, 2.75) is 70.6 Å². The molecule has 3 aromatic rings. The quantitative estimate of drug-likeness (QED) is 0.474. The molecular formula is C25H28ClN5O2S. The summed E-state index contributed by atoms with van der Waals surface area (Å²) in [5.41, 5.74) is 9.20. The number of fused-ring (bicyclic) bond motifs is 3. The molecule has 1 aliphatic carbocycles. The molecule has 178 valence electrons. The fraction of sp³-hybridized carbons (Fsp3) is 0.440. The lowest BCUT2D eigenvalue weighted by Gasteiger charge is -2.22. The summed E-state index contributed by atoms with van der Waals surface area (Å²) in [7, 11) is 0. The van der Waals surface area contributed by atoms with E-state index in [2.05, 4.69) is 23.2 Å². The van der Waals surface area contributed by atoms with Crippen molar-refractivity contribution < 1.29 is 9.53 Å². The second kappa shape index (κ2) is 9.98. The number of aromatic nitrogens is 3. The average Bonchev–Trinajstić information content (AvgIpc) is 3.42. The van der Waals surface area contributed by atoms with Crippen molar-refractivity contribution in [1.29, 1.82) is 0 Å². The lowest BCUT2D eigenvalue weighted by atomic mass is 9.98. The van der Waals surface area contributed by atoms with E-state index < -0.39 is 6.04 Å². The first-order chi connectivity index (χ1) is 16.5. The fourth-order valence-electron chi connectivity index (χ4n) is 4.64. The van der Waals surface area contributed by atoms with Gasteiger partial charge in [-0.2, -0.15) is 0 Å². The number of aryl methyl sites for hydroxylation is 1. The van der Waals surface area contributed by atoms with Crippen LogP contribution in [0.5, 0.6) is 0 Å². The third-order valence-corrected chi connectivity index (χ3v) is 8.00. The first kappa shape index (κ1) is 23.2. The fourth-order valence-corrected chi connectivity index (χ4v) is 5.99. The van der Waals surface area contributed by atoms with Crippen LogP contribution in [0.25, 0.3) is 5.00 Å². The second-order valence-electron chi connectivity index (χ2n) is 8.80. The Bertz CT molecular complexity index is 1230. The van der Waals surface area contributed by atoms with Gasteiger partial charge in [-0.05, 0) is 44.2 Å². The Balaban J connectivity index is 1.47. The molecule has 9 heteroatoms. The number of carbonyl (C=O) groups is 1. The monoisotopic (exact) mass is 497 g/mol. The molecule has 0 bridgehead atoms. The van der Waals surface area contributed by atoms with Gasteiger partial charge in [-0.15, -0.1) is 21.5 Å². The van der Waals surface area contributed by atoms with Crippen LogP contribution in [-0.4, -0.2) is 32.5 Å². The first-order valence-electron chi connectivity index (χ1n) is 11.9. The lowest BCUT2D eigenvalue weighted by molar-refractivity contribution is -0.151. The van der Waals surface area contributed by atoms with Crippen LogP contribution in [0.15, 0.2) is 35.3 Å². The van der Waals surface area contributed by atoms with Crippen LogP contribution in [0.1, 0.15) is 79.1 Å². The Morgan fingerprint density at radius 2 is 2.03 bits per heavy atom. The van der Waals surface area contributed by atoms with E-state index in [-0.39, 0.29) is 18.5 Å². The molecule has 2 aliphatic rings. The summed E-state index contributed by atoms with van der Waals surface area (Å²) in [6.45, 7) is 2.47. The number of aliphatic imine (C=N–C) groups is 1. The van der Waals surface area contributed by atoms with E-state index in [1.54, 1.807) is 11.3 Å². The summed E-state index contributed by atoms with van der Waals surface area (Å²) in [6, 6.07) is 9.25. The smallest absolute Gasteiger partial charge is 0.308 e. The van der Waals surface area contributed by atoms with Gasteiger partial charge in [0.2, 0.25) is 0 Å². The topological polar surface area (TPSA) is 95.4 Å². The minimum absolute atomic E-state index is 0.00607. The molecule has 1 fully saturated rings. The highest BCUT2D eigenvalue weighted by Gasteiger charge is 2.29. The maximum Gasteiger partial charge on any atom is 0.308 e. The Morgan fingerprint density at radius 3 is 2.79 bits per heavy atom. The molecule has 0 radical (unpaired) electrons. The number of esters is 1. The molecule has 2 N–H and O–H groups in total. The zero-order valence-electron chi connectivity index (χ0n) is 19.2. The van der Waals surface area contributed by atoms with Gasteiger partial charge >= 0.3 is 5.97 Å². The van der Waals surface area contributed by atoms with E-state index in [9.17, 15) is 4.79 Å². The number of hydrogen-bond acceptors (Lipinski definition) is 7. The normalized spacial score (nSPS) is 16.9. The van der Waals surface area contributed by atoms with E-state index in [1.807, 2.05) is 28.8 Å². The van der Waals surface area contributed by atoms with Crippen LogP contribution in [0, 0.1) is 0 Å². The van der Waals surface area contributed by atoms with Crippen molar-refractivity contribution in [3.8, 4) is 5.00 Å². The van der Waals surface area contributed by atoms with Gasteiger partial charge in [0.1, 0.15) is 17.6 Å². The molecule has 7 nitrogen and oxygen atoms in total. The zero-order chi connectivity index (χ0) is 23.7. The number of nitrogens with zero attached hydrogens (tertiary/aromatic N) is 4. The van der Waals surface area contributed by atoms with Gasteiger partial charge in [0.05, 0.1) is 18.2 Å². The summed E-state index contributed by atoms with van der Waals surface area (Å²) in [4.78, 5) is 18.7. The Kier molecular flexibility index (Phi) is 6.81. The third kappa shape index (κ3) is 4.54. The van der Waals surface area contributed by atoms with Gasteiger partial charge in [0.25, 0.3) is 0 Å². The van der Waals surface area contributed by atoms with Crippen molar-refractivity contribution in [2.24, 2.45) is 10.7 Å². The minimum atomic E-state index is -0.626. The molecule has 1 atom stereocenters. The molecule has 0 saturated heterocycles. The second-order valence-corrected chi connectivity index (χ2v) is 10.3. The number of ether oxygens (including phenoxy) is 1. The largest absolute Gasteiger partial charge is 0.462 e. The lowest BCUT2D eigenvalue weighted by Crippen LogP contribution is -2.25. The summed E-state index contributed by atoms with van der Waals surface area (Å²) in [5.74, 6) is 0.967. The number of rotatable bonds is 6. The van der Waals surface area contributed by atoms with E-state index in [0.29, 0.717) is 23.2 Å². The van der Waals surface area contributed by atoms with Crippen molar-refractivity contribution in [1.82, 2.24) is 14.8 Å². The average molecular weight is 498 g/mol. The molecule has 34 heavy (non-hydrogen) atoms. The van der Waals surface area contributed by atoms with Crippen molar-refractivity contribution >= 4 is 34.6 Å². The Morgan fingerprint density at radius 1 is 1.24 bits per heavy atom. The van der Waals surface area contributed by atoms with E-state index in [1.165, 1.54) is 11.3 Å². The number of carbonyl (C=O) groups excluding carboxylic acids is 1. The molecule has 1 aliphatic heterocycles.